The fraction of sp³-hybridized carbons (Fsp3) is 0.448. The standard InChI is InChI=1S/C29H36N2O2S/c1-22-13-17-26(18-14-22)34(32,33)30-29(25-16-15-23-9-3-4-10-24(23)21-25)27-11-5-6-12-28(27)31-19-7-2-8-20-31/h3-4,9-10,13-18,21,27-30H,2,5-8,11-12,19-20H2,1H3/t27-,28+,29+/m1/s1. The predicted octanol–water partition coefficient (Wildman–Crippen LogP) is 6.21. The predicted molar refractivity (Wildman–Crippen MR) is 139 cm³/mol. The minimum absolute atomic E-state index is 0.247. The second-order valence-corrected chi connectivity index (χ2v) is 11.8. The van der Waals surface area contributed by atoms with Crippen LogP contribution in [0.2, 0.25) is 0 Å². The van der Waals surface area contributed by atoms with E-state index in [9.17, 15) is 8.42 Å². The summed E-state index contributed by atoms with van der Waals surface area (Å²) >= 11 is 0. The van der Waals surface area contributed by atoms with E-state index in [1.54, 1.807) is 12.1 Å². The number of likely N-dealkylation sites (tertiary alicyclic amines) is 1. The number of hydrogen-bond acceptors (Lipinski definition) is 3. The second-order valence-electron chi connectivity index (χ2n) is 10.1. The molecule has 0 amide bonds. The Morgan fingerprint density at radius 1 is 0.824 bits per heavy atom. The zero-order chi connectivity index (χ0) is 23.5. The second kappa shape index (κ2) is 10.2. The Balaban J connectivity index is 1.54. The molecule has 34 heavy (non-hydrogen) atoms. The Bertz CT molecular complexity index is 1220. The number of aryl methyl sites for hydroxylation is 1. The first-order valence-corrected chi connectivity index (χ1v) is 14.3. The molecule has 0 unspecified atom stereocenters. The summed E-state index contributed by atoms with van der Waals surface area (Å²) in [6, 6.07) is 22.2. The largest absolute Gasteiger partial charge is 0.300 e. The van der Waals surface area contributed by atoms with Gasteiger partial charge in [-0.25, -0.2) is 13.1 Å². The van der Waals surface area contributed by atoms with Gasteiger partial charge in [0.25, 0.3) is 0 Å². The van der Waals surface area contributed by atoms with E-state index < -0.39 is 10.0 Å². The topological polar surface area (TPSA) is 49.4 Å². The lowest BCUT2D eigenvalue weighted by Crippen LogP contribution is -2.49. The highest BCUT2D eigenvalue weighted by molar-refractivity contribution is 7.89. The van der Waals surface area contributed by atoms with E-state index >= 15 is 0 Å². The number of benzene rings is 3. The fourth-order valence-electron chi connectivity index (χ4n) is 5.99. The van der Waals surface area contributed by atoms with Crippen LogP contribution in [0.1, 0.15) is 62.1 Å². The zero-order valence-corrected chi connectivity index (χ0v) is 20.9. The summed E-state index contributed by atoms with van der Waals surface area (Å²) in [5.41, 5.74) is 2.13. The van der Waals surface area contributed by atoms with Crippen LogP contribution in [0.5, 0.6) is 0 Å². The van der Waals surface area contributed by atoms with Crippen molar-refractivity contribution in [1.82, 2.24) is 9.62 Å². The quantitative estimate of drug-likeness (QED) is 0.460. The number of nitrogens with one attached hydrogen (secondary N) is 1. The first-order valence-electron chi connectivity index (χ1n) is 12.8. The maximum atomic E-state index is 13.6. The van der Waals surface area contributed by atoms with Gasteiger partial charge in [-0.3, -0.25) is 0 Å². The van der Waals surface area contributed by atoms with Gasteiger partial charge >= 0.3 is 0 Å². The summed E-state index contributed by atoms with van der Waals surface area (Å²) in [5.74, 6) is 0.258. The van der Waals surface area contributed by atoms with Crippen molar-refractivity contribution in [3.8, 4) is 0 Å². The van der Waals surface area contributed by atoms with Crippen LogP contribution in [0.25, 0.3) is 10.8 Å². The number of hydrogen-bond donors (Lipinski definition) is 1. The molecule has 1 heterocycles. The summed E-state index contributed by atoms with van der Waals surface area (Å²) in [5, 5.41) is 2.34. The zero-order valence-electron chi connectivity index (χ0n) is 20.1. The van der Waals surface area contributed by atoms with Crippen LogP contribution in [-0.4, -0.2) is 32.4 Å². The average molecular weight is 477 g/mol. The number of sulfonamides is 1. The van der Waals surface area contributed by atoms with Gasteiger partial charge in [-0.05, 0) is 86.1 Å². The third kappa shape index (κ3) is 5.07. The van der Waals surface area contributed by atoms with Crippen LogP contribution in [0.3, 0.4) is 0 Å². The molecule has 1 aliphatic carbocycles. The van der Waals surface area contributed by atoms with Gasteiger partial charge in [-0.1, -0.05) is 73.4 Å². The van der Waals surface area contributed by atoms with Crippen molar-refractivity contribution in [2.45, 2.75) is 68.8 Å². The van der Waals surface area contributed by atoms with Crippen LogP contribution in [0, 0.1) is 12.8 Å². The van der Waals surface area contributed by atoms with Crippen molar-refractivity contribution in [1.29, 1.82) is 0 Å². The Labute approximate surface area is 204 Å². The molecule has 0 aromatic heterocycles. The van der Waals surface area contributed by atoms with E-state index in [0.29, 0.717) is 10.9 Å². The van der Waals surface area contributed by atoms with Gasteiger partial charge in [-0.15, -0.1) is 0 Å². The maximum absolute atomic E-state index is 13.6. The van der Waals surface area contributed by atoms with E-state index in [1.807, 2.05) is 25.1 Å². The van der Waals surface area contributed by atoms with Crippen molar-refractivity contribution in [3.63, 3.8) is 0 Å². The van der Waals surface area contributed by atoms with Crippen LogP contribution < -0.4 is 4.72 Å². The van der Waals surface area contributed by atoms with Crippen LogP contribution in [-0.2, 0) is 10.0 Å². The van der Waals surface area contributed by atoms with Gasteiger partial charge in [0.15, 0.2) is 0 Å². The Kier molecular flexibility index (Phi) is 7.05. The van der Waals surface area contributed by atoms with Crippen LogP contribution in [0.4, 0.5) is 0 Å². The molecule has 5 heteroatoms. The number of piperidine rings is 1. The molecular formula is C29H36N2O2S. The van der Waals surface area contributed by atoms with Crippen molar-refractivity contribution >= 4 is 20.8 Å². The van der Waals surface area contributed by atoms with Crippen molar-refractivity contribution in [3.05, 3.63) is 77.9 Å². The van der Waals surface area contributed by atoms with Crippen LogP contribution in [0.15, 0.2) is 71.6 Å². The SMILES string of the molecule is Cc1ccc(S(=O)(=O)N[C@@H](c2ccc3ccccc3c2)[C@@H]2CCCC[C@@H]2N2CCCCC2)cc1. The molecule has 0 radical (unpaired) electrons. The summed E-state index contributed by atoms with van der Waals surface area (Å²) < 4.78 is 30.4. The molecule has 2 fully saturated rings. The molecule has 180 valence electrons. The molecule has 1 N–H and O–H groups in total. The lowest BCUT2D eigenvalue weighted by Gasteiger charge is -2.45. The molecule has 5 rings (SSSR count). The number of rotatable bonds is 6. The molecule has 3 aromatic rings. The highest BCUT2D eigenvalue weighted by atomic mass is 32.2. The Morgan fingerprint density at radius 3 is 2.29 bits per heavy atom. The molecule has 1 saturated heterocycles. The molecule has 1 aliphatic heterocycles. The third-order valence-electron chi connectivity index (χ3n) is 7.82. The molecule has 4 nitrogen and oxygen atoms in total. The highest BCUT2D eigenvalue weighted by Gasteiger charge is 2.38. The van der Waals surface area contributed by atoms with Gasteiger partial charge in [0, 0.05) is 6.04 Å². The molecular weight excluding hydrogens is 440 g/mol. The molecule has 2 aliphatic rings. The first kappa shape index (κ1) is 23.5. The monoisotopic (exact) mass is 476 g/mol. The van der Waals surface area contributed by atoms with Gasteiger partial charge < -0.3 is 4.90 Å². The summed E-state index contributed by atoms with van der Waals surface area (Å²) in [4.78, 5) is 3.00. The lowest BCUT2D eigenvalue weighted by molar-refractivity contribution is 0.0695. The van der Waals surface area contributed by atoms with Crippen molar-refractivity contribution in [2.75, 3.05) is 13.1 Å². The Hall–Kier alpha value is -2.21. The van der Waals surface area contributed by atoms with Crippen LogP contribution >= 0.6 is 0 Å². The third-order valence-corrected chi connectivity index (χ3v) is 9.27. The van der Waals surface area contributed by atoms with Crippen molar-refractivity contribution < 1.29 is 8.42 Å². The van der Waals surface area contributed by atoms with E-state index in [4.69, 9.17) is 0 Å². The Morgan fingerprint density at radius 2 is 1.53 bits per heavy atom. The molecule has 0 bridgehead atoms. The highest BCUT2D eigenvalue weighted by Crippen LogP contribution is 2.40. The smallest absolute Gasteiger partial charge is 0.241 e. The molecule has 3 aromatic carbocycles. The van der Waals surface area contributed by atoms with E-state index in [1.165, 1.54) is 31.1 Å². The molecule has 0 spiro atoms. The maximum Gasteiger partial charge on any atom is 0.241 e. The van der Waals surface area contributed by atoms with Gasteiger partial charge in [0.2, 0.25) is 10.0 Å². The average Bonchev–Trinajstić information content (AvgIpc) is 2.88. The number of nitrogens with zero attached hydrogens (tertiary/aromatic N) is 1. The minimum Gasteiger partial charge on any atom is -0.300 e. The molecule has 1 saturated carbocycles. The summed E-state index contributed by atoms with van der Waals surface area (Å²) in [6.07, 6.45) is 8.40. The van der Waals surface area contributed by atoms with Gasteiger partial charge in [0.05, 0.1) is 10.9 Å². The first-order chi connectivity index (χ1) is 16.5. The van der Waals surface area contributed by atoms with E-state index in [-0.39, 0.29) is 12.0 Å². The van der Waals surface area contributed by atoms with Gasteiger partial charge in [-0.2, -0.15) is 0 Å². The minimum atomic E-state index is -3.65. The van der Waals surface area contributed by atoms with E-state index in [0.717, 1.165) is 48.9 Å². The van der Waals surface area contributed by atoms with Gasteiger partial charge in [0.1, 0.15) is 0 Å². The van der Waals surface area contributed by atoms with Crippen molar-refractivity contribution in [2.24, 2.45) is 5.92 Å². The van der Waals surface area contributed by atoms with E-state index in [2.05, 4.69) is 46.0 Å². The normalized spacial score (nSPS) is 23.1. The lowest BCUT2D eigenvalue weighted by atomic mass is 9.76. The fourth-order valence-corrected chi connectivity index (χ4v) is 7.26. The summed E-state index contributed by atoms with van der Waals surface area (Å²) in [7, 11) is -3.65. The number of fused-ring (bicyclic) bond motifs is 1. The summed E-state index contributed by atoms with van der Waals surface area (Å²) in [6.45, 7) is 4.25. The molecule has 3 atom stereocenters.